The van der Waals surface area contributed by atoms with Gasteiger partial charge in [-0.25, -0.2) is 4.98 Å². The molecule has 3 aromatic rings. The van der Waals surface area contributed by atoms with E-state index in [1.165, 1.54) is 11.3 Å². The highest BCUT2D eigenvalue weighted by Crippen LogP contribution is 2.22. The Hall–Kier alpha value is -2.44. The van der Waals surface area contributed by atoms with Gasteiger partial charge in [-0.15, -0.1) is 11.3 Å². The molecular weight excluding hydrogens is 410 g/mol. The van der Waals surface area contributed by atoms with Gasteiger partial charge in [0.05, 0.1) is 11.9 Å². The van der Waals surface area contributed by atoms with Gasteiger partial charge in [0, 0.05) is 15.4 Å². The number of aromatic nitrogens is 1. The van der Waals surface area contributed by atoms with Gasteiger partial charge in [-0.1, -0.05) is 52.3 Å². The second kappa shape index (κ2) is 9.31. The fraction of sp³-hybridized carbons (Fsp3) is 0.100. The number of ether oxygens (including phenoxy) is 1. The predicted octanol–water partition coefficient (Wildman–Crippen LogP) is 5.75. The lowest BCUT2D eigenvalue weighted by molar-refractivity contribution is 0.363. The average molecular weight is 428 g/mol. The van der Waals surface area contributed by atoms with Gasteiger partial charge in [-0.2, -0.15) is 5.10 Å². The Bertz CT molecular complexity index is 906. The summed E-state index contributed by atoms with van der Waals surface area (Å²) in [5.41, 5.74) is 5.95. The molecule has 1 aromatic heterocycles. The van der Waals surface area contributed by atoms with Crippen molar-refractivity contribution in [3.8, 4) is 5.75 Å². The van der Waals surface area contributed by atoms with Gasteiger partial charge in [0.2, 0.25) is 5.13 Å². The first-order valence-corrected chi connectivity index (χ1v) is 9.73. The van der Waals surface area contributed by atoms with E-state index in [0.717, 1.165) is 32.2 Å². The van der Waals surface area contributed by atoms with Gasteiger partial charge in [-0.3, -0.25) is 5.43 Å². The molecule has 0 saturated carbocycles. The molecule has 0 aliphatic heterocycles. The number of rotatable bonds is 7. The van der Waals surface area contributed by atoms with E-state index in [-0.39, 0.29) is 0 Å². The zero-order valence-electron chi connectivity index (χ0n) is 14.2. The summed E-state index contributed by atoms with van der Waals surface area (Å²) in [6.07, 6.45) is 5.77. The van der Waals surface area contributed by atoms with Crippen LogP contribution in [0.1, 0.15) is 16.8 Å². The number of hydrazone groups is 1. The van der Waals surface area contributed by atoms with Gasteiger partial charge >= 0.3 is 0 Å². The number of halogens is 1. The second-order valence-corrected chi connectivity index (χ2v) is 7.24. The predicted molar refractivity (Wildman–Crippen MR) is 113 cm³/mol. The molecule has 2 aromatic carbocycles. The van der Waals surface area contributed by atoms with Gasteiger partial charge in [0.25, 0.3) is 0 Å². The smallest absolute Gasteiger partial charge is 0.203 e. The second-order valence-electron chi connectivity index (χ2n) is 5.47. The van der Waals surface area contributed by atoms with Gasteiger partial charge < -0.3 is 4.74 Å². The molecule has 1 heterocycles. The number of aryl methyl sites for hydroxylation is 1. The van der Waals surface area contributed by atoms with Crippen LogP contribution in [0.2, 0.25) is 0 Å². The van der Waals surface area contributed by atoms with Crippen LogP contribution in [0.5, 0.6) is 5.75 Å². The van der Waals surface area contributed by atoms with E-state index in [1.54, 1.807) is 6.21 Å². The third-order valence-electron chi connectivity index (χ3n) is 3.40. The minimum atomic E-state index is 0.483. The maximum absolute atomic E-state index is 5.88. The minimum Gasteiger partial charge on any atom is -0.489 e. The summed E-state index contributed by atoms with van der Waals surface area (Å²) in [6.45, 7) is 2.44. The molecule has 0 amide bonds. The maximum atomic E-state index is 5.88. The summed E-state index contributed by atoms with van der Waals surface area (Å²) in [5.74, 6) is 0.770. The lowest BCUT2D eigenvalue weighted by atomic mass is 10.2. The summed E-state index contributed by atoms with van der Waals surface area (Å²) in [6, 6.07) is 16.0. The molecule has 0 radical (unpaired) electrons. The molecule has 0 unspecified atom stereocenters. The zero-order chi connectivity index (χ0) is 18.2. The van der Waals surface area contributed by atoms with E-state index >= 15 is 0 Å². The van der Waals surface area contributed by atoms with Crippen molar-refractivity contribution in [3.63, 3.8) is 0 Å². The lowest BCUT2D eigenvalue weighted by Crippen LogP contribution is -1.98. The number of nitrogens with one attached hydrogen (secondary N) is 1. The van der Waals surface area contributed by atoms with Crippen LogP contribution in [0.4, 0.5) is 5.13 Å². The number of hydrogen-bond acceptors (Lipinski definition) is 5. The van der Waals surface area contributed by atoms with Crippen LogP contribution in [0.3, 0.4) is 0 Å². The van der Waals surface area contributed by atoms with Crippen LogP contribution in [0.15, 0.2) is 69.6 Å². The third-order valence-corrected chi connectivity index (χ3v) is 4.76. The Kier molecular flexibility index (Phi) is 6.57. The van der Waals surface area contributed by atoms with Crippen molar-refractivity contribution in [3.05, 3.63) is 81.3 Å². The third kappa shape index (κ3) is 5.54. The van der Waals surface area contributed by atoms with Gasteiger partial charge in [0.15, 0.2) is 0 Å². The van der Waals surface area contributed by atoms with E-state index in [1.807, 2.05) is 60.9 Å². The van der Waals surface area contributed by atoms with E-state index in [2.05, 4.69) is 43.6 Å². The van der Waals surface area contributed by atoms with Crippen molar-refractivity contribution in [2.45, 2.75) is 6.92 Å². The molecule has 0 bridgehead atoms. The quantitative estimate of drug-likeness (QED) is 0.385. The van der Waals surface area contributed by atoms with Crippen molar-refractivity contribution in [2.24, 2.45) is 5.10 Å². The number of anilines is 1. The molecule has 0 fully saturated rings. The van der Waals surface area contributed by atoms with Crippen LogP contribution in [0, 0.1) is 6.92 Å². The molecule has 0 spiro atoms. The molecule has 6 heteroatoms. The molecule has 4 nitrogen and oxygen atoms in total. The Labute approximate surface area is 165 Å². The molecule has 0 aliphatic carbocycles. The molecule has 0 aliphatic rings. The molecule has 26 heavy (non-hydrogen) atoms. The van der Waals surface area contributed by atoms with Crippen LogP contribution < -0.4 is 10.2 Å². The van der Waals surface area contributed by atoms with Crippen LogP contribution in [-0.2, 0) is 0 Å². The summed E-state index contributed by atoms with van der Waals surface area (Å²) < 4.78 is 6.85. The fourth-order valence-electron chi connectivity index (χ4n) is 2.20. The first-order valence-electron chi connectivity index (χ1n) is 8.06. The highest BCUT2D eigenvalue weighted by molar-refractivity contribution is 9.10. The van der Waals surface area contributed by atoms with Crippen molar-refractivity contribution in [2.75, 3.05) is 12.0 Å². The fourth-order valence-corrected chi connectivity index (χ4v) is 3.22. The molecular formula is C20H18BrN3OS. The molecule has 0 saturated heterocycles. The SMILES string of the molecule is Cc1csc(NN=Cc2cc(Br)ccc2OCC=Cc2ccccc2)n1. The number of nitrogens with zero attached hydrogens (tertiary/aromatic N) is 2. The van der Waals surface area contributed by atoms with Crippen LogP contribution >= 0.6 is 27.3 Å². The molecule has 3 rings (SSSR count). The number of thiazole rings is 1. The van der Waals surface area contributed by atoms with Crippen molar-refractivity contribution >= 4 is 44.7 Å². The lowest BCUT2D eigenvalue weighted by Gasteiger charge is -2.07. The largest absolute Gasteiger partial charge is 0.489 e. The van der Waals surface area contributed by atoms with E-state index in [9.17, 15) is 0 Å². The standard InChI is InChI=1S/C20H18BrN3OS/c1-15-14-26-20(23-15)24-22-13-17-12-18(21)9-10-19(17)25-11-5-8-16-6-3-2-4-7-16/h2-10,12-14H,11H2,1H3,(H,23,24). The van der Waals surface area contributed by atoms with E-state index in [0.29, 0.717) is 6.61 Å². The first kappa shape index (κ1) is 18.4. The maximum Gasteiger partial charge on any atom is 0.203 e. The van der Waals surface area contributed by atoms with Crippen LogP contribution in [0.25, 0.3) is 6.08 Å². The zero-order valence-corrected chi connectivity index (χ0v) is 16.6. The first-order chi connectivity index (χ1) is 12.7. The summed E-state index contributed by atoms with van der Waals surface area (Å²) in [5, 5.41) is 7.00. The highest BCUT2D eigenvalue weighted by Gasteiger charge is 2.02. The number of hydrogen-bond donors (Lipinski definition) is 1. The summed E-state index contributed by atoms with van der Waals surface area (Å²) >= 11 is 5.01. The van der Waals surface area contributed by atoms with E-state index in [4.69, 9.17) is 4.74 Å². The summed E-state index contributed by atoms with van der Waals surface area (Å²) in [4.78, 5) is 4.32. The Morgan fingerprint density at radius 3 is 2.85 bits per heavy atom. The highest BCUT2D eigenvalue weighted by atomic mass is 79.9. The van der Waals surface area contributed by atoms with E-state index < -0.39 is 0 Å². The topological polar surface area (TPSA) is 46.5 Å². The Morgan fingerprint density at radius 1 is 1.23 bits per heavy atom. The van der Waals surface area contributed by atoms with Gasteiger partial charge in [0.1, 0.15) is 12.4 Å². The Morgan fingerprint density at radius 2 is 2.08 bits per heavy atom. The molecule has 1 N–H and O–H groups in total. The van der Waals surface area contributed by atoms with Crippen molar-refractivity contribution in [1.29, 1.82) is 0 Å². The van der Waals surface area contributed by atoms with Crippen LogP contribution in [-0.4, -0.2) is 17.8 Å². The Balaban J connectivity index is 1.62. The average Bonchev–Trinajstić information content (AvgIpc) is 3.06. The minimum absolute atomic E-state index is 0.483. The van der Waals surface area contributed by atoms with Crippen molar-refractivity contribution in [1.82, 2.24) is 4.98 Å². The summed E-state index contributed by atoms with van der Waals surface area (Å²) in [7, 11) is 0. The number of benzene rings is 2. The molecule has 0 atom stereocenters. The van der Waals surface area contributed by atoms with Crippen molar-refractivity contribution < 1.29 is 4.74 Å². The molecule has 132 valence electrons. The van der Waals surface area contributed by atoms with Gasteiger partial charge in [-0.05, 0) is 36.8 Å². The monoisotopic (exact) mass is 427 g/mol. The normalized spacial score (nSPS) is 11.3.